The third kappa shape index (κ3) is 1.78. The standard InChI is InChI=1S/C9H5Br2ClN2/c10-4-8-6-2-1-5(11)3-7(6)9(12)14-13-8/h1-3H,4H2. The van der Waals surface area contributed by atoms with Crippen LogP contribution in [0, 0.1) is 0 Å². The smallest absolute Gasteiger partial charge is 0.153 e. The molecule has 14 heavy (non-hydrogen) atoms. The number of fused-ring (bicyclic) bond motifs is 1. The van der Waals surface area contributed by atoms with Crippen molar-refractivity contribution >= 4 is 54.2 Å². The normalized spacial score (nSPS) is 10.8. The zero-order chi connectivity index (χ0) is 10.1. The summed E-state index contributed by atoms with van der Waals surface area (Å²) < 4.78 is 0.987. The second-order valence-electron chi connectivity index (χ2n) is 2.76. The Hall–Kier alpha value is -0.190. The fraction of sp³-hybridized carbons (Fsp3) is 0.111. The van der Waals surface area contributed by atoms with Gasteiger partial charge in [0.05, 0.1) is 5.69 Å². The van der Waals surface area contributed by atoms with Crippen LogP contribution in [0.25, 0.3) is 10.8 Å². The van der Waals surface area contributed by atoms with Gasteiger partial charge >= 0.3 is 0 Å². The highest BCUT2D eigenvalue weighted by Crippen LogP contribution is 2.27. The minimum Gasteiger partial charge on any atom is -0.153 e. The molecular formula is C9H5Br2ClN2. The maximum Gasteiger partial charge on any atom is 0.159 e. The van der Waals surface area contributed by atoms with Gasteiger partial charge in [0.1, 0.15) is 0 Å². The molecule has 72 valence electrons. The van der Waals surface area contributed by atoms with Crippen molar-refractivity contribution in [3.8, 4) is 0 Å². The van der Waals surface area contributed by atoms with Crippen LogP contribution in [0.15, 0.2) is 22.7 Å². The maximum atomic E-state index is 5.95. The van der Waals surface area contributed by atoms with E-state index in [4.69, 9.17) is 11.6 Å². The Bertz CT molecular complexity index is 487. The molecule has 0 radical (unpaired) electrons. The molecule has 0 spiro atoms. The van der Waals surface area contributed by atoms with Gasteiger partial charge in [-0.05, 0) is 12.1 Å². The largest absolute Gasteiger partial charge is 0.159 e. The van der Waals surface area contributed by atoms with E-state index < -0.39 is 0 Å². The van der Waals surface area contributed by atoms with Crippen molar-refractivity contribution in [1.82, 2.24) is 10.2 Å². The Kier molecular flexibility index (Phi) is 3.04. The Morgan fingerprint density at radius 3 is 2.71 bits per heavy atom. The predicted octanol–water partition coefficient (Wildman–Crippen LogP) is 3.94. The van der Waals surface area contributed by atoms with E-state index in [1.807, 2.05) is 18.2 Å². The first-order valence-electron chi connectivity index (χ1n) is 3.88. The quantitative estimate of drug-likeness (QED) is 0.737. The number of halogens is 3. The van der Waals surface area contributed by atoms with Gasteiger partial charge in [-0.1, -0.05) is 49.5 Å². The lowest BCUT2D eigenvalue weighted by atomic mass is 10.1. The second-order valence-corrected chi connectivity index (χ2v) is 4.60. The van der Waals surface area contributed by atoms with Crippen LogP contribution < -0.4 is 0 Å². The number of hydrogen-bond acceptors (Lipinski definition) is 2. The lowest BCUT2D eigenvalue weighted by Gasteiger charge is -2.03. The van der Waals surface area contributed by atoms with Gasteiger partial charge in [0, 0.05) is 20.6 Å². The predicted molar refractivity (Wildman–Crippen MR) is 64.9 cm³/mol. The third-order valence-corrected chi connectivity index (χ3v) is 3.20. The molecule has 0 saturated heterocycles. The van der Waals surface area contributed by atoms with Crippen molar-refractivity contribution in [2.75, 3.05) is 0 Å². The van der Waals surface area contributed by atoms with E-state index in [0.29, 0.717) is 10.5 Å². The van der Waals surface area contributed by atoms with Gasteiger partial charge in [-0.3, -0.25) is 0 Å². The van der Waals surface area contributed by atoms with Crippen molar-refractivity contribution in [3.05, 3.63) is 33.5 Å². The Morgan fingerprint density at radius 1 is 1.21 bits per heavy atom. The van der Waals surface area contributed by atoms with Gasteiger partial charge in [0.25, 0.3) is 0 Å². The Balaban J connectivity index is 2.84. The molecule has 1 aromatic carbocycles. The van der Waals surface area contributed by atoms with Gasteiger partial charge in [-0.15, -0.1) is 5.10 Å². The zero-order valence-corrected chi connectivity index (χ0v) is 10.9. The number of hydrogen-bond donors (Lipinski definition) is 0. The molecule has 1 heterocycles. The first-order valence-corrected chi connectivity index (χ1v) is 6.18. The molecule has 0 bridgehead atoms. The van der Waals surface area contributed by atoms with E-state index in [0.717, 1.165) is 20.9 Å². The average molecular weight is 336 g/mol. The van der Waals surface area contributed by atoms with Crippen molar-refractivity contribution in [3.63, 3.8) is 0 Å². The van der Waals surface area contributed by atoms with E-state index in [-0.39, 0.29) is 0 Å². The van der Waals surface area contributed by atoms with E-state index in [1.54, 1.807) is 0 Å². The highest BCUT2D eigenvalue weighted by atomic mass is 79.9. The minimum atomic E-state index is 0.436. The van der Waals surface area contributed by atoms with Gasteiger partial charge in [-0.25, -0.2) is 0 Å². The van der Waals surface area contributed by atoms with Crippen molar-refractivity contribution in [1.29, 1.82) is 0 Å². The SMILES string of the molecule is Clc1nnc(CBr)c2ccc(Br)cc12. The summed E-state index contributed by atoms with van der Waals surface area (Å²) in [4.78, 5) is 0. The summed E-state index contributed by atoms with van der Waals surface area (Å²) in [5.74, 6) is 0. The molecule has 2 nitrogen and oxygen atoms in total. The lowest BCUT2D eigenvalue weighted by molar-refractivity contribution is 0.997. The zero-order valence-electron chi connectivity index (χ0n) is 6.97. The molecule has 0 aliphatic heterocycles. The van der Waals surface area contributed by atoms with Gasteiger partial charge < -0.3 is 0 Å². The number of benzene rings is 1. The first-order chi connectivity index (χ1) is 6.72. The van der Waals surface area contributed by atoms with Crippen molar-refractivity contribution < 1.29 is 0 Å². The van der Waals surface area contributed by atoms with E-state index in [9.17, 15) is 0 Å². The summed E-state index contributed by atoms with van der Waals surface area (Å²) in [6, 6.07) is 5.89. The van der Waals surface area contributed by atoms with Crippen LogP contribution in [0.4, 0.5) is 0 Å². The summed E-state index contributed by atoms with van der Waals surface area (Å²) in [6.45, 7) is 0. The Labute approximate surface area is 103 Å². The fourth-order valence-corrected chi connectivity index (χ4v) is 2.22. The van der Waals surface area contributed by atoms with Crippen LogP contribution in [-0.4, -0.2) is 10.2 Å². The van der Waals surface area contributed by atoms with E-state index in [1.165, 1.54) is 0 Å². The summed E-state index contributed by atoms with van der Waals surface area (Å²) in [5.41, 5.74) is 0.900. The highest BCUT2D eigenvalue weighted by Gasteiger charge is 2.06. The lowest BCUT2D eigenvalue weighted by Crippen LogP contribution is -1.92. The summed E-state index contributed by atoms with van der Waals surface area (Å²) in [6.07, 6.45) is 0. The second kappa shape index (κ2) is 4.13. The molecule has 0 saturated carbocycles. The van der Waals surface area contributed by atoms with Gasteiger partial charge in [0.15, 0.2) is 5.15 Å². The highest BCUT2D eigenvalue weighted by molar-refractivity contribution is 9.10. The van der Waals surface area contributed by atoms with E-state index in [2.05, 4.69) is 42.1 Å². The van der Waals surface area contributed by atoms with E-state index >= 15 is 0 Å². The number of nitrogens with zero attached hydrogens (tertiary/aromatic N) is 2. The van der Waals surface area contributed by atoms with Crippen LogP contribution in [0.1, 0.15) is 5.69 Å². The molecule has 0 N–H and O–H groups in total. The molecule has 0 atom stereocenters. The number of alkyl halides is 1. The molecule has 0 unspecified atom stereocenters. The number of aromatic nitrogens is 2. The van der Waals surface area contributed by atoms with Crippen LogP contribution >= 0.6 is 43.5 Å². The Morgan fingerprint density at radius 2 is 2.00 bits per heavy atom. The molecule has 0 fully saturated rings. The van der Waals surface area contributed by atoms with Gasteiger partial charge in [0.2, 0.25) is 0 Å². The first kappa shape index (κ1) is 10.3. The number of rotatable bonds is 1. The minimum absolute atomic E-state index is 0.436. The van der Waals surface area contributed by atoms with Crippen LogP contribution in [-0.2, 0) is 5.33 Å². The molecule has 1 aromatic heterocycles. The molecule has 2 rings (SSSR count). The molecule has 5 heteroatoms. The van der Waals surface area contributed by atoms with Crippen molar-refractivity contribution in [2.45, 2.75) is 5.33 Å². The molecule has 2 aromatic rings. The topological polar surface area (TPSA) is 25.8 Å². The summed E-state index contributed by atoms with van der Waals surface area (Å²) in [7, 11) is 0. The maximum absolute atomic E-state index is 5.95. The fourth-order valence-electron chi connectivity index (χ4n) is 1.25. The van der Waals surface area contributed by atoms with Crippen LogP contribution in [0.3, 0.4) is 0 Å². The van der Waals surface area contributed by atoms with Crippen LogP contribution in [0.5, 0.6) is 0 Å². The monoisotopic (exact) mass is 334 g/mol. The third-order valence-electron chi connectivity index (χ3n) is 1.90. The van der Waals surface area contributed by atoms with Crippen molar-refractivity contribution in [2.24, 2.45) is 0 Å². The molecule has 0 amide bonds. The molecule has 0 aliphatic rings. The summed E-state index contributed by atoms with van der Waals surface area (Å²) in [5, 5.41) is 11.0. The average Bonchev–Trinajstić information content (AvgIpc) is 2.19. The molecule has 0 aliphatic carbocycles. The van der Waals surface area contributed by atoms with Crippen LogP contribution in [0.2, 0.25) is 5.15 Å². The van der Waals surface area contributed by atoms with Gasteiger partial charge in [-0.2, -0.15) is 5.10 Å². The summed E-state index contributed by atoms with van der Waals surface area (Å²) >= 11 is 12.7. The molecular weight excluding hydrogens is 331 g/mol.